The van der Waals surface area contributed by atoms with Gasteiger partial charge in [-0.05, 0) is 82.4 Å². The van der Waals surface area contributed by atoms with Crippen LogP contribution in [0.25, 0.3) is 0 Å². The van der Waals surface area contributed by atoms with Gasteiger partial charge in [0.1, 0.15) is 0 Å². The van der Waals surface area contributed by atoms with Crippen molar-refractivity contribution in [1.82, 2.24) is 5.32 Å². The smallest absolute Gasteiger partial charge is 0.252 e. The highest BCUT2D eigenvalue weighted by Crippen LogP contribution is 2.21. The Kier molecular flexibility index (Phi) is 5.24. The Morgan fingerprint density at radius 2 is 2.28 bits per heavy atom. The Morgan fingerprint density at radius 1 is 1.44 bits per heavy atom. The van der Waals surface area contributed by atoms with Crippen molar-refractivity contribution < 1.29 is 4.79 Å². The third-order valence-electron chi connectivity index (χ3n) is 3.04. The molecule has 1 N–H and O–H groups in total. The Morgan fingerprint density at radius 3 is 3.00 bits per heavy atom. The lowest BCUT2D eigenvalue weighted by Gasteiger charge is -2.08. The quantitative estimate of drug-likeness (QED) is 0.572. The lowest BCUT2D eigenvalue weighted by atomic mass is 10.1. The van der Waals surface area contributed by atoms with Crippen LogP contribution in [-0.4, -0.2) is 12.5 Å². The number of benzene rings is 1. The van der Waals surface area contributed by atoms with E-state index in [1.165, 1.54) is 24.8 Å². The zero-order valence-corrected chi connectivity index (χ0v) is 13.8. The predicted molar refractivity (Wildman–Crippen MR) is 85.7 cm³/mol. The van der Waals surface area contributed by atoms with E-state index in [-0.39, 0.29) is 5.91 Å². The van der Waals surface area contributed by atoms with Gasteiger partial charge in [0.15, 0.2) is 0 Å². The number of carbonyl (C=O) groups is 1. The molecular formula is C14H15BrINO. The molecular weight excluding hydrogens is 405 g/mol. The fraction of sp³-hybridized carbons (Fsp3) is 0.357. The molecule has 96 valence electrons. The number of carbonyl (C=O) groups excluding carboxylic acids is 1. The second kappa shape index (κ2) is 6.70. The molecule has 2 rings (SSSR count). The molecule has 18 heavy (non-hydrogen) atoms. The van der Waals surface area contributed by atoms with Crippen LogP contribution in [0, 0.1) is 3.57 Å². The van der Waals surface area contributed by atoms with Crippen molar-refractivity contribution in [2.75, 3.05) is 6.54 Å². The molecule has 0 spiro atoms. The highest BCUT2D eigenvalue weighted by atomic mass is 127. The first-order chi connectivity index (χ1) is 8.66. The Labute approximate surface area is 129 Å². The van der Waals surface area contributed by atoms with Gasteiger partial charge in [-0.3, -0.25) is 4.79 Å². The molecule has 0 saturated carbocycles. The van der Waals surface area contributed by atoms with E-state index < -0.39 is 0 Å². The summed E-state index contributed by atoms with van der Waals surface area (Å²) in [5.41, 5.74) is 2.19. The molecule has 0 saturated heterocycles. The maximum Gasteiger partial charge on any atom is 0.252 e. The minimum absolute atomic E-state index is 0.000937. The van der Waals surface area contributed by atoms with Crippen molar-refractivity contribution in [2.24, 2.45) is 0 Å². The van der Waals surface area contributed by atoms with E-state index in [0.29, 0.717) is 5.56 Å². The van der Waals surface area contributed by atoms with Crippen molar-refractivity contribution >= 4 is 44.4 Å². The Bertz CT molecular complexity index is 485. The number of nitrogens with one attached hydrogen (secondary N) is 1. The van der Waals surface area contributed by atoms with Gasteiger partial charge in [0.05, 0.1) is 5.56 Å². The number of hydrogen-bond donors (Lipinski definition) is 1. The first-order valence-corrected chi connectivity index (χ1v) is 7.95. The van der Waals surface area contributed by atoms with Crippen LogP contribution in [0.15, 0.2) is 34.3 Å². The Balaban J connectivity index is 1.89. The lowest BCUT2D eigenvalue weighted by molar-refractivity contribution is 0.0953. The number of halogens is 2. The molecule has 0 fully saturated rings. The lowest BCUT2D eigenvalue weighted by Crippen LogP contribution is -2.25. The summed E-state index contributed by atoms with van der Waals surface area (Å²) in [6.45, 7) is 0.725. The van der Waals surface area contributed by atoms with Crippen molar-refractivity contribution in [2.45, 2.75) is 25.7 Å². The van der Waals surface area contributed by atoms with Gasteiger partial charge >= 0.3 is 0 Å². The largest absolute Gasteiger partial charge is 0.352 e. The monoisotopic (exact) mass is 419 g/mol. The molecule has 1 aromatic carbocycles. The number of rotatable bonds is 4. The van der Waals surface area contributed by atoms with Crippen LogP contribution >= 0.6 is 38.5 Å². The van der Waals surface area contributed by atoms with E-state index in [1.807, 2.05) is 18.2 Å². The minimum atomic E-state index is -0.000937. The van der Waals surface area contributed by atoms with Gasteiger partial charge in [0.2, 0.25) is 0 Å². The first-order valence-electron chi connectivity index (χ1n) is 6.08. The topological polar surface area (TPSA) is 29.1 Å². The van der Waals surface area contributed by atoms with Crippen LogP contribution in [-0.2, 0) is 0 Å². The van der Waals surface area contributed by atoms with Crippen molar-refractivity contribution in [3.63, 3.8) is 0 Å². The molecule has 4 heteroatoms. The predicted octanol–water partition coefficient (Wildman–Crippen LogP) is 4.28. The second-order valence-corrected chi connectivity index (χ2v) is 6.48. The fourth-order valence-electron chi connectivity index (χ4n) is 2.07. The average Bonchev–Trinajstić information content (AvgIpc) is 2.85. The maximum atomic E-state index is 12.0. The number of hydrogen-bond acceptors (Lipinski definition) is 1. The van der Waals surface area contributed by atoms with Crippen LogP contribution in [0.3, 0.4) is 0 Å². The zero-order chi connectivity index (χ0) is 13.0. The molecule has 1 aliphatic rings. The zero-order valence-electron chi connectivity index (χ0n) is 10.0. The maximum absolute atomic E-state index is 12.0. The van der Waals surface area contributed by atoms with Crippen molar-refractivity contribution in [3.8, 4) is 0 Å². The molecule has 0 unspecified atom stereocenters. The van der Waals surface area contributed by atoms with E-state index >= 15 is 0 Å². The van der Waals surface area contributed by atoms with Crippen LogP contribution < -0.4 is 5.32 Å². The molecule has 0 bridgehead atoms. The molecule has 2 nitrogen and oxygen atoms in total. The summed E-state index contributed by atoms with van der Waals surface area (Å²) in [7, 11) is 0. The second-order valence-electron chi connectivity index (χ2n) is 4.38. The fourth-order valence-corrected chi connectivity index (χ4v) is 2.99. The van der Waals surface area contributed by atoms with Gasteiger partial charge in [-0.1, -0.05) is 11.6 Å². The summed E-state index contributed by atoms with van der Waals surface area (Å²) in [5.74, 6) is -0.000937. The molecule has 0 aliphatic heterocycles. The van der Waals surface area contributed by atoms with Gasteiger partial charge in [0, 0.05) is 14.6 Å². The summed E-state index contributed by atoms with van der Waals surface area (Å²) in [4.78, 5) is 12.0. The van der Waals surface area contributed by atoms with Crippen LogP contribution in [0.2, 0.25) is 0 Å². The third kappa shape index (κ3) is 3.82. The first kappa shape index (κ1) is 14.1. The standard InChI is InChI=1S/C14H15BrINO/c15-13-6-5-11(16)9-12(13)14(18)17-8-7-10-3-1-2-4-10/h3,5-6,9H,1-2,4,7-8H2,(H,17,18). The van der Waals surface area contributed by atoms with Gasteiger partial charge in [0.25, 0.3) is 5.91 Å². The normalized spacial score (nSPS) is 14.4. The number of allylic oxidation sites excluding steroid dienone is 1. The van der Waals surface area contributed by atoms with Crippen LogP contribution in [0.1, 0.15) is 36.0 Å². The van der Waals surface area contributed by atoms with Gasteiger partial charge in [-0.2, -0.15) is 0 Å². The van der Waals surface area contributed by atoms with Crippen LogP contribution in [0.4, 0.5) is 0 Å². The molecule has 0 radical (unpaired) electrons. The highest BCUT2D eigenvalue weighted by Gasteiger charge is 2.10. The van der Waals surface area contributed by atoms with Gasteiger partial charge in [-0.25, -0.2) is 0 Å². The Hall–Kier alpha value is -0.360. The minimum Gasteiger partial charge on any atom is -0.352 e. The van der Waals surface area contributed by atoms with E-state index in [9.17, 15) is 4.79 Å². The number of amides is 1. The third-order valence-corrected chi connectivity index (χ3v) is 4.40. The molecule has 0 aromatic heterocycles. The molecule has 0 atom stereocenters. The van der Waals surface area contributed by atoms with Crippen molar-refractivity contribution in [3.05, 3.63) is 43.5 Å². The summed E-state index contributed by atoms with van der Waals surface area (Å²) < 4.78 is 1.92. The van der Waals surface area contributed by atoms with E-state index in [1.54, 1.807) is 0 Å². The van der Waals surface area contributed by atoms with Gasteiger partial charge < -0.3 is 5.32 Å². The summed E-state index contributed by atoms with van der Waals surface area (Å²) in [6, 6.07) is 5.79. The average molecular weight is 420 g/mol. The molecule has 0 heterocycles. The van der Waals surface area contributed by atoms with E-state index in [0.717, 1.165) is 21.0 Å². The molecule has 1 aliphatic carbocycles. The molecule has 1 aromatic rings. The SMILES string of the molecule is O=C(NCCC1=CCCC1)c1cc(I)ccc1Br. The van der Waals surface area contributed by atoms with Crippen molar-refractivity contribution in [1.29, 1.82) is 0 Å². The van der Waals surface area contributed by atoms with Crippen LogP contribution in [0.5, 0.6) is 0 Å². The molecule has 1 amide bonds. The van der Waals surface area contributed by atoms with E-state index in [2.05, 4.69) is 49.9 Å². The summed E-state index contributed by atoms with van der Waals surface area (Å²) in [6.07, 6.45) is 6.95. The van der Waals surface area contributed by atoms with E-state index in [4.69, 9.17) is 0 Å². The summed E-state index contributed by atoms with van der Waals surface area (Å²) in [5, 5.41) is 2.98. The summed E-state index contributed by atoms with van der Waals surface area (Å²) >= 11 is 5.63. The van der Waals surface area contributed by atoms with Gasteiger partial charge in [-0.15, -0.1) is 0 Å². The highest BCUT2D eigenvalue weighted by molar-refractivity contribution is 14.1.